The average Bonchev–Trinajstić information content (AvgIpc) is 2.88. The third-order valence-corrected chi connectivity index (χ3v) is 1.78. The van der Waals surface area contributed by atoms with E-state index in [1.807, 2.05) is 24.3 Å². The van der Waals surface area contributed by atoms with Gasteiger partial charge in [0, 0.05) is 0 Å². The molecule has 0 unspecified atom stereocenters. The normalized spacial score (nSPS) is 12.5. The summed E-state index contributed by atoms with van der Waals surface area (Å²) in [6.07, 6.45) is 2.96. The number of aromatic nitrogens is 3. The Balaban J connectivity index is 0.000000144. The number of hydrogen-bond acceptors (Lipinski definition) is 4. The molecule has 0 bridgehead atoms. The molecular formula is C10H11N3O2. The van der Waals surface area contributed by atoms with Gasteiger partial charge in [-0.2, -0.15) is 5.10 Å². The topological polar surface area (TPSA) is 60.0 Å². The number of rotatable bonds is 0. The zero-order valence-corrected chi connectivity index (χ0v) is 8.09. The summed E-state index contributed by atoms with van der Waals surface area (Å²) in [6.45, 7) is 1.33. The Morgan fingerprint density at radius 2 is 1.73 bits per heavy atom. The van der Waals surface area contributed by atoms with Crippen molar-refractivity contribution in [3.05, 3.63) is 36.9 Å². The van der Waals surface area contributed by atoms with E-state index in [4.69, 9.17) is 9.47 Å². The first-order chi connectivity index (χ1) is 7.47. The molecule has 1 aliphatic rings. The van der Waals surface area contributed by atoms with Crippen LogP contribution < -0.4 is 9.47 Å². The summed E-state index contributed by atoms with van der Waals surface area (Å²) < 4.78 is 10.6. The summed E-state index contributed by atoms with van der Waals surface area (Å²) in [5, 5.41) is 5.99. The molecule has 1 aromatic carbocycles. The number of H-pyrrole nitrogens is 1. The number of aromatic amines is 1. The summed E-state index contributed by atoms with van der Waals surface area (Å²) in [4.78, 5) is 3.56. The van der Waals surface area contributed by atoms with Crippen molar-refractivity contribution in [1.29, 1.82) is 0 Å². The minimum atomic E-state index is 0.664. The summed E-state index contributed by atoms with van der Waals surface area (Å²) in [5.41, 5.74) is 0. The Labute approximate surface area is 87.1 Å². The quantitative estimate of drug-likeness (QED) is 0.703. The Hall–Kier alpha value is -2.04. The van der Waals surface area contributed by atoms with Gasteiger partial charge in [-0.05, 0) is 12.1 Å². The molecule has 2 heterocycles. The number of nitrogens with zero attached hydrogens (tertiary/aromatic N) is 2. The molecular weight excluding hydrogens is 194 g/mol. The molecule has 1 aromatic heterocycles. The van der Waals surface area contributed by atoms with Gasteiger partial charge in [-0.25, -0.2) is 4.98 Å². The van der Waals surface area contributed by atoms with Crippen LogP contribution in [0.5, 0.6) is 11.5 Å². The minimum Gasteiger partial charge on any atom is -0.486 e. The second-order valence-electron chi connectivity index (χ2n) is 2.80. The molecule has 5 nitrogen and oxygen atoms in total. The highest BCUT2D eigenvalue weighted by molar-refractivity contribution is 5.40. The smallest absolute Gasteiger partial charge is 0.161 e. The lowest BCUT2D eigenvalue weighted by atomic mass is 10.3. The molecule has 3 rings (SSSR count). The molecule has 5 heteroatoms. The van der Waals surface area contributed by atoms with Crippen LogP contribution in [-0.2, 0) is 0 Å². The standard InChI is InChI=1S/C8H8O2.C2H3N3/c1-2-4-8-7(3-1)9-5-6-10-8;1-3-2-5-4-1/h1-4H,5-6H2;1-2H,(H,3,4,5). The van der Waals surface area contributed by atoms with Gasteiger partial charge in [0.2, 0.25) is 0 Å². The van der Waals surface area contributed by atoms with Gasteiger partial charge < -0.3 is 9.47 Å². The molecule has 1 N–H and O–H groups in total. The Bertz CT molecular complexity index is 347. The Morgan fingerprint density at radius 3 is 2.13 bits per heavy atom. The fraction of sp³-hybridized carbons (Fsp3) is 0.200. The van der Waals surface area contributed by atoms with Gasteiger partial charge in [-0.1, -0.05) is 12.1 Å². The van der Waals surface area contributed by atoms with Gasteiger partial charge >= 0.3 is 0 Å². The van der Waals surface area contributed by atoms with Crippen LogP contribution in [0, 0.1) is 0 Å². The van der Waals surface area contributed by atoms with Gasteiger partial charge in [0.25, 0.3) is 0 Å². The number of nitrogens with one attached hydrogen (secondary N) is 1. The number of hydrogen-bond donors (Lipinski definition) is 1. The van der Waals surface area contributed by atoms with Crippen LogP contribution in [0.3, 0.4) is 0 Å². The molecule has 0 saturated carbocycles. The van der Waals surface area contributed by atoms with Crippen LogP contribution in [0.25, 0.3) is 0 Å². The van der Waals surface area contributed by atoms with E-state index in [0.29, 0.717) is 13.2 Å². The molecule has 1 aliphatic heterocycles. The highest BCUT2D eigenvalue weighted by Gasteiger charge is 2.07. The third kappa shape index (κ3) is 2.70. The zero-order valence-electron chi connectivity index (χ0n) is 8.09. The van der Waals surface area contributed by atoms with Gasteiger partial charge in [-0.15, -0.1) is 0 Å². The van der Waals surface area contributed by atoms with Gasteiger partial charge in [0.1, 0.15) is 25.9 Å². The molecule has 0 fully saturated rings. The average molecular weight is 205 g/mol. The van der Waals surface area contributed by atoms with E-state index >= 15 is 0 Å². The third-order valence-electron chi connectivity index (χ3n) is 1.78. The van der Waals surface area contributed by atoms with Gasteiger partial charge in [0.15, 0.2) is 11.5 Å². The maximum atomic E-state index is 5.30. The molecule has 0 aliphatic carbocycles. The highest BCUT2D eigenvalue weighted by atomic mass is 16.6. The molecule has 78 valence electrons. The van der Waals surface area contributed by atoms with Crippen molar-refractivity contribution in [2.75, 3.05) is 13.2 Å². The van der Waals surface area contributed by atoms with Crippen molar-refractivity contribution < 1.29 is 9.47 Å². The number of ether oxygens (including phenoxy) is 2. The van der Waals surface area contributed by atoms with Crippen molar-refractivity contribution >= 4 is 0 Å². The molecule has 0 radical (unpaired) electrons. The SMILES string of the molecule is c1ccc2c(c1)OCCO2.c1nc[nH]n1. The summed E-state index contributed by atoms with van der Waals surface area (Å²) >= 11 is 0. The van der Waals surface area contributed by atoms with Crippen molar-refractivity contribution in [2.24, 2.45) is 0 Å². The van der Waals surface area contributed by atoms with E-state index in [-0.39, 0.29) is 0 Å². The molecule has 0 amide bonds. The fourth-order valence-corrected chi connectivity index (χ4v) is 1.16. The number of fused-ring (bicyclic) bond motifs is 1. The second-order valence-corrected chi connectivity index (χ2v) is 2.80. The highest BCUT2D eigenvalue weighted by Crippen LogP contribution is 2.28. The molecule has 2 aromatic rings. The van der Waals surface area contributed by atoms with E-state index in [0.717, 1.165) is 11.5 Å². The van der Waals surface area contributed by atoms with Crippen molar-refractivity contribution in [2.45, 2.75) is 0 Å². The minimum absolute atomic E-state index is 0.664. The lowest BCUT2D eigenvalue weighted by Crippen LogP contribution is -2.14. The fourth-order valence-electron chi connectivity index (χ4n) is 1.16. The van der Waals surface area contributed by atoms with Crippen molar-refractivity contribution in [1.82, 2.24) is 15.2 Å². The maximum Gasteiger partial charge on any atom is 0.161 e. The lowest BCUT2D eigenvalue weighted by Gasteiger charge is -2.17. The van der Waals surface area contributed by atoms with Crippen LogP contribution in [0.1, 0.15) is 0 Å². The first-order valence-corrected chi connectivity index (χ1v) is 4.60. The molecule has 0 atom stereocenters. The summed E-state index contributed by atoms with van der Waals surface area (Å²) in [5.74, 6) is 1.71. The van der Waals surface area contributed by atoms with E-state index in [1.165, 1.54) is 12.7 Å². The Morgan fingerprint density at radius 1 is 1.07 bits per heavy atom. The summed E-state index contributed by atoms with van der Waals surface area (Å²) in [6, 6.07) is 7.70. The van der Waals surface area contributed by atoms with Crippen LogP contribution in [0.15, 0.2) is 36.9 Å². The van der Waals surface area contributed by atoms with E-state index in [9.17, 15) is 0 Å². The number of benzene rings is 1. The van der Waals surface area contributed by atoms with Crippen LogP contribution >= 0.6 is 0 Å². The van der Waals surface area contributed by atoms with E-state index in [2.05, 4.69) is 15.2 Å². The largest absolute Gasteiger partial charge is 0.486 e. The monoisotopic (exact) mass is 205 g/mol. The van der Waals surface area contributed by atoms with Crippen LogP contribution in [0.4, 0.5) is 0 Å². The zero-order chi connectivity index (χ0) is 10.3. The molecule has 0 spiro atoms. The second kappa shape index (κ2) is 4.99. The molecule has 0 saturated heterocycles. The van der Waals surface area contributed by atoms with E-state index < -0.39 is 0 Å². The molecule has 15 heavy (non-hydrogen) atoms. The lowest BCUT2D eigenvalue weighted by molar-refractivity contribution is 0.171. The first-order valence-electron chi connectivity index (χ1n) is 4.60. The van der Waals surface area contributed by atoms with Gasteiger partial charge in [-0.3, -0.25) is 5.10 Å². The maximum absolute atomic E-state index is 5.30. The number of para-hydroxylation sites is 2. The predicted octanol–water partition coefficient (Wildman–Crippen LogP) is 1.26. The first kappa shape index (κ1) is 9.51. The van der Waals surface area contributed by atoms with Crippen molar-refractivity contribution in [3.8, 4) is 11.5 Å². The van der Waals surface area contributed by atoms with Crippen LogP contribution in [-0.4, -0.2) is 28.4 Å². The Kier molecular flexibility index (Phi) is 3.17. The summed E-state index contributed by atoms with van der Waals surface area (Å²) in [7, 11) is 0. The predicted molar refractivity (Wildman–Crippen MR) is 53.8 cm³/mol. The van der Waals surface area contributed by atoms with E-state index in [1.54, 1.807) is 0 Å². The van der Waals surface area contributed by atoms with Gasteiger partial charge in [0.05, 0.1) is 0 Å². The van der Waals surface area contributed by atoms with Crippen LogP contribution in [0.2, 0.25) is 0 Å². The van der Waals surface area contributed by atoms with Crippen molar-refractivity contribution in [3.63, 3.8) is 0 Å².